The molecule has 0 aromatic heterocycles. The molecule has 0 aliphatic rings. The molecule has 3 N–H and O–H groups in total. The van der Waals surface area contributed by atoms with Crippen molar-refractivity contribution >= 4 is 32.8 Å². The van der Waals surface area contributed by atoms with Crippen LogP contribution in [0.2, 0.25) is 0 Å². The number of hydrogen-bond donors (Lipinski definition) is 3. The van der Waals surface area contributed by atoms with Crippen molar-refractivity contribution in [3.63, 3.8) is 0 Å². The van der Waals surface area contributed by atoms with E-state index in [9.17, 15) is 18.3 Å². The molecule has 2 aromatic carbocycles. The summed E-state index contributed by atoms with van der Waals surface area (Å²) in [7, 11) is -3.47. The van der Waals surface area contributed by atoms with E-state index < -0.39 is 10.0 Å². The molecule has 138 valence electrons. The van der Waals surface area contributed by atoms with Crippen LogP contribution in [0.25, 0.3) is 5.57 Å². The number of aromatic hydroxyl groups is 1. The predicted molar refractivity (Wildman–Crippen MR) is 105 cm³/mol. The molecule has 0 unspecified atom stereocenters. The molecule has 0 heterocycles. The number of carbonyl (C=O) groups excluding carboxylic acids is 1. The summed E-state index contributed by atoms with van der Waals surface area (Å²) in [6.07, 6.45) is 1.03. The van der Waals surface area contributed by atoms with Crippen molar-refractivity contribution in [3.05, 3.63) is 59.3 Å². The Morgan fingerprint density at radius 1 is 1.00 bits per heavy atom. The second-order valence-electron chi connectivity index (χ2n) is 6.15. The number of allylic oxidation sites excluding steroid dienone is 2. The number of ketones is 1. The fraction of sp³-hybridized carbons (Fsp3) is 0.211. The highest BCUT2D eigenvalue weighted by atomic mass is 32.2. The van der Waals surface area contributed by atoms with Crippen LogP contribution in [0.5, 0.6) is 5.75 Å². The average molecular weight is 374 g/mol. The first-order valence-corrected chi connectivity index (χ1v) is 9.82. The number of aryl methyl sites for hydroxylation is 1. The molecule has 6 nitrogen and oxygen atoms in total. The van der Waals surface area contributed by atoms with Gasteiger partial charge in [0, 0.05) is 28.2 Å². The van der Waals surface area contributed by atoms with Crippen LogP contribution in [0.3, 0.4) is 0 Å². The van der Waals surface area contributed by atoms with E-state index in [1.807, 2.05) is 31.2 Å². The number of nitrogens with one attached hydrogen (secondary N) is 2. The van der Waals surface area contributed by atoms with Gasteiger partial charge in [0.1, 0.15) is 5.75 Å². The van der Waals surface area contributed by atoms with E-state index in [1.165, 1.54) is 25.1 Å². The standard InChI is InChI=1S/C19H22N2O4S/c1-12-5-7-15(8-6-12)20-13(2)19(14(3)22)17-11-16(9-10-18(17)23)21-26(4,24)25/h5-11,20-21,23H,1-4H3. The van der Waals surface area contributed by atoms with Gasteiger partial charge in [0.05, 0.1) is 6.26 Å². The Balaban J connectivity index is 2.50. The van der Waals surface area contributed by atoms with Gasteiger partial charge in [0.25, 0.3) is 0 Å². The molecule has 26 heavy (non-hydrogen) atoms. The van der Waals surface area contributed by atoms with Crippen molar-refractivity contribution in [1.29, 1.82) is 0 Å². The highest BCUT2D eigenvalue weighted by Gasteiger charge is 2.17. The lowest BCUT2D eigenvalue weighted by Crippen LogP contribution is -2.10. The Morgan fingerprint density at radius 3 is 2.12 bits per heavy atom. The fourth-order valence-corrected chi connectivity index (χ4v) is 3.14. The summed E-state index contributed by atoms with van der Waals surface area (Å²) < 4.78 is 25.2. The number of benzene rings is 2. The topological polar surface area (TPSA) is 95.5 Å². The van der Waals surface area contributed by atoms with Crippen LogP contribution >= 0.6 is 0 Å². The van der Waals surface area contributed by atoms with Crippen LogP contribution in [0.4, 0.5) is 11.4 Å². The van der Waals surface area contributed by atoms with E-state index in [2.05, 4.69) is 10.0 Å². The molecule has 2 aromatic rings. The molecule has 0 spiro atoms. The SMILES string of the molecule is CC(=O)C(=C(C)Nc1ccc(C)cc1)c1cc(NS(C)(=O)=O)ccc1O. The average Bonchev–Trinajstić information content (AvgIpc) is 2.51. The van der Waals surface area contributed by atoms with Gasteiger partial charge in [-0.1, -0.05) is 17.7 Å². The van der Waals surface area contributed by atoms with E-state index in [4.69, 9.17) is 0 Å². The van der Waals surface area contributed by atoms with Crippen LogP contribution in [0.15, 0.2) is 48.2 Å². The van der Waals surface area contributed by atoms with E-state index in [1.54, 1.807) is 6.92 Å². The molecule has 0 bridgehead atoms. The molecule has 0 saturated heterocycles. The van der Waals surface area contributed by atoms with Gasteiger partial charge in [0.15, 0.2) is 5.78 Å². The zero-order valence-electron chi connectivity index (χ0n) is 15.1. The third kappa shape index (κ3) is 5.10. The maximum atomic E-state index is 12.2. The number of carbonyl (C=O) groups is 1. The van der Waals surface area contributed by atoms with Crippen molar-refractivity contribution in [2.75, 3.05) is 16.3 Å². The number of phenols is 1. The van der Waals surface area contributed by atoms with E-state index in [0.717, 1.165) is 17.5 Å². The van der Waals surface area contributed by atoms with Gasteiger partial charge in [-0.05, 0) is 51.1 Å². The minimum atomic E-state index is -3.47. The molecule has 0 aliphatic carbocycles. The normalized spacial score (nSPS) is 12.3. The Hall–Kier alpha value is -2.80. The summed E-state index contributed by atoms with van der Waals surface area (Å²) in [6, 6.07) is 11.9. The molecule has 2 rings (SSSR count). The van der Waals surface area contributed by atoms with Crippen LogP contribution in [0.1, 0.15) is 25.0 Å². The second kappa shape index (κ2) is 7.61. The first kappa shape index (κ1) is 19.5. The van der Waals surface area contributed by atoms with Gasteiger partial charge in [-0.15, -0.1) is 0 Å². The molecule has 0 amide bonds. The maximum absolute atomic E-state index is 12.2. The lowest BCUT2D eigenvalue weighted by Gasteiger charge is -2.15. The van der Waals surface area contributed by atoms with Gasteiger partial charge >= 0.3 is 0 Å². The number of phenolic OH excluding ortho intramolecular Hbond substituents is 1. The summed E-state index contributed by atoms with van der Waals surface area (Å²) in [6.45, 7) is 5.10. The van der Waals surface area contributed by atoms with E-state index in [-0.39, 0.29) is 28.4 Å². The number of rotatable bonds is 6. The van der Waals surface area contributed by atoms with Crippen molar-refractivity contribution in [1.82, 2.24) is 0 Å². The number of anilines is 2. The highest BCUT2D eigenvalue weighted by molar-refractivity contribution is 7.92. The second-order valence-corrected chi connectivity index (χ2v) is 7.90. The lowest BCUT2D eigenvalue weighted by atomic mass is 9.98. The van der Waals surface area contributed by atoms with Gasteiger partial charge in [0.2, 0.25) is 10.0 Å². The molecular weight excluding hydrogens is 352 g/mol. The lowest BCUT2D eigenvalue weighted by molar-refractivity contribution is -0.111. The summed E-state index contributed by atoms with van der Waals surface area (Å²) in [5, 5.41) is 13.4. The van der Waals surface area contributed by atoms with E-state index >= 15 is 0 Å². The van der Waals surface area contributed by atoms with Crippen molar-refractivity contribution in [3.8, 4) is 5.75 Å². The Labute approximate surface area is 153 Å². The van der Waals surface area contributed by atoms with E-state index in [0.29, 0.717) is 5.70 Å². The molecular formula is C19H22N2O4S. The van der Waals surface area contributed by atoms with Gasteiger partial charge < -0.3 is 10.4 Å². The van der Waals surface area contributed by atoms with Gasteiger partial charge in [-0.2, -0.15) is 0 Å². The summed E-state index contributed by atoms with van der Waals surface area (Å²) >= 11 is 0. The first-order valence-electron chi connectivity index (χ1n) is 7.93. The third-order valence-electron chi connectivity index (χ3n) is 3.68. The highest BCUT2D eigenvalue weighted by Crippen LogP contribution is 2.31. The van der Waals surface area contributed by atoms with Crippen LogP contribution in [-0.2, 0) is 14.8 Å². The van der Waals surface area contributed by atoms with Gasteiger partial charge in [-0.3, -0.25) is 9.52 Å². The van der Waals surface area contributed by atoms with Gasteiger partial charge in [-0.25, -0.2) is 8.42 Å². The first-order chi connectivity index (χ1) is 12.1. The zero-order chi connectivity index (χ0) is 19.5. The monoisotopic (exact) mass is 374 g/mol. The smallest absolute Gasteiger partial charge is 0.229 e. The molecule has 0 aliphatic heterocycles. The largest absolute Gasteiger partial charge is 0.507 e. The fourth-order valence-electron chi connectivity index (χ4n) is 2.59. The van der Waals surface area contributed by atoms with Crippen LogP contribution in [0, 0.1) is 6.92 Å². The predicted octanol–water partition coefficient (Wildman–Crippen LogP) is 3.50. The zero-order valence-corrected chi connectivity index (χ0v) is 15.9. The van der Waals surface area contributed by atoms with Crippen molar-refractivity contribution < 1.29 is 18.3 Å². The Bertz CT molecular complexity index is 962. The van der Waals surface area contributed by atoms with Crippen molar-refractivity contribution in [2.24, 2.45) is 0 Å². The minimum Gasteiger partial charge on any atom is -0.507 e. The summed E-state index contributed by atoms with van der Waals surface area (Å²) in [5.41, 5.74) is 3.26. The van der Waals surface area contributed by atoms with Crippen LogP contribution < -0.4 is 10.0 Å². The number of Topliss-reactive ketones (excluding diaryl/α,β-unsaturated/α-hetero) is 1. The Kier molecular flexibility index (Phi) is 5.72. The Morgan fingerprint density at radius 2 is 1.58 bits per heavy atom. The number of sulfonamides is 1. The number of hydrogen-bond acceptors (Lipinski definition) is 5. The molecule has 0 fully saturated rings. The van der Waals surface area contributed by atoms with Crippen LogP contribution in [-0.4, -0.2) is 25.6 Å². The molecule has 0 saturated carbocycles. The maximum Gasteiger partial charge on any atom is 0.229 e. The molecule has 0 radical (unpaired) electrons. The third-order valence-corrected chi connectivity index (χ3v) is 4.29. The minimum absolute atomic E-state index is 0.112. The quantitative estimate of drug-likeness (QED) is 0.531. The molecule has 0 atom stereocenters. The summed E-state index contributed by atoms with van der Waals surface area (Å²) in [5.74, 6) is -0.367. The summed E-state index contributed by atoms with van der Waals surface area (Å²) in [4.78, 5) is 12.2. The van der Waals surface area contributed by atoms with Crippen molar-refractivity contribution in [2.45, 2.75) is 20.8 Å². The molecule has 7 heteroatoms.